The quantitative estimate of drug-likeness (QED) is 0.863. The van der Waals surface area contributed by atoms with Crippen LogP contribution in [0.1, 0.15) is 44.3 Å². The molecule has 0 spiro atoms. The molecule has 0 amide bonds. The Kier molecular flexibility index (Phi) is 5.04. The minimum atomic E-state index is -0.843. The number of ether oxygens (including phenoxy) is 1. The molecule has 20 heavy (non-hydrogen) atoms. The van der Waals surface area contributed by atoms with Gasteiger partial charge in [0.1, 0.15) is 5.60 Å². The first-order valence-corrected chi connectivity index (χ1v) is 7.89. The zero-order valence-electron chi connectivity index (χ0n) is 11.8. The summed E-state index contributed by atoms with van der Waals surface area (Å²) in [5.74, 6) is 1.23. The van der Waals surface area contributed by atoms with Crippen molar-refractivity contribution in [1.29, 1.82) is 0 Å². The SMILES string of the molecule is COC1(c2noc(CSCC(=O)O)n2)CCCC(C)C1. The van der Waals surface area contributed by atoms with Crippen LogP contribution in [0.25, 0.3) is 0 Å². The molecular formula is C13H20N2O4S. The van der Waals surface area contributed by atoms with Gasteiger partial charge in [-0.1, -0.05) is 18.5 Å². The first-order chi connectivity index (χ1) is 9.55. The highest BCUT2D eigenvalue weighted by atomic mass is 32.2. The lowest BCUT2D eigenvalue weighted by atomic mass is 9.78. The van der Waals surface area contributed by atoms with E-state index in [-0.39, 0.29) is 5.75 Å². The van der Waals surface area contributed by atoms with Crippen LogP contribution in [0.4, 0.5) is 0 Å². The molecule has 1 aliphatic rings. The number of hydrogen-bond acceptors (Lipinski definition) is 6. The van der Waals surface area contributed by atoms with Gasteiger partial charge in [0.25, 0.3) is 0 Å². The Balaban J connectivity index is 2.04. The monoisotopic (exact) mass is 300 g/mol. The number of aliphatic carboxylic acids is 1. The highest BCUT2D eigenvalue weighted by molar-refractivity contribution is 7.99. The van der Waals surface area contributed by atoms with Crippen molar-refractivity contribution >= 4 is 17.7 Å². The van der Waals surface area contributed by atoms with Crippen molar-refractivity contribution in [2.45, 2.75) is 44.0 Å². The molecule has 1 N–H and O–H groups in total. The van der Waals surface area contributed by atoms with E-state index in [1.165, 1.54) is 18.2 Å². The van der Waals surface area contributed by atoms with E-state index in [0.717, 1.165) is 19.3 Å². The Labute approximate surface area is 122 Å². The van der Waals surface area contributed by atoms with Crippen LogP contribution in [0.5, 0.6) is 0 Å². The van der Waals surface area contributed by atoms with Crippen LogP contribution in [-0.2, 0) is 20.9 Å². The zero-order chi connectivity index (χ0) is 14.6. The van der Waals surface area contributed by atoms with Gasteiger partial charge in [-0.05, 0) is 25.2 Å². The molecule has 1 aromatic rings. The molecule has 7 heteroatoms. The molecule has 0 saturated heterocycles. The van der Waals surface area contributed by atoms with Gasteiger partial charge in [-0.2, -0.15) is 4.98 Å². The molecule has 0 aliphatic heterocycles. The summed E-state index contributed by atoms with van der Waals surface area (Å²) in [5.41, 5.74) is -0.448. The van der Waals surface area contributed by atoms with Gasteiger partial charge in [0, 0.05) is 7.11 Å². The normalized spacial score (nSPS) is 26.6. The first-order valence-electron chi connectivity index (χ1n) is 6.73. The van der Waals surface area contributed by atoms with Crippen molar-refractivity contribution in [3.63, 3.8) is 0 Å². The third kappa shape index (κ3) is 3.52. The van der Waals surface area contributed by atoms with Crippen molar-refractivity contribution in [2.75, 3.05) is 12.9 Å². The molecule has 2 unspecified atom stereocenters. The summed E-state index contributed by atoms with van der Waals surface area (Å²) in [6.07, 6.45) is 4.08. The number of carboxylic acid groups (broad SMARTS) is 1. The van der Waals surface area contributed by atoms with Crippen LogP contribution >= 0.6 is 11.8 Å². The minimum absolute atomic E-state index is 0.0319. The van der Waals surface area contributed by atoms with Crippen molar-refractivity contribution in [1.82, 2.24) is 10.1 Å². The Hall–Kier alpha value is -1.08. The molecule has 0 aromatic carbocycles. The van der Waals surface area contributed by atoms with Crippen LogP contribution in [-0.4, -0.2) is 34.1 Å². The Bertz CT molecular complexity index is 465. The summed E-state index contributed by atoms with van der Waals surface area (Å²) in [5, 5.41) is 12.6. The van der Waals surface area contributed by atoms with Crippen molar-refractivity contribution in [3.05, 3.63) is 11.7 Å². The fourth-order valence-corrected chi connectivity index (χ4v) is 3.28. The average Bonchev–Trinajstić information content (AvgIpc) is 2.87. The maximum absolute atomic E-state index is 10.5. The Morgan fingerprint density at radius 3 is 3.10 bits per heavy atom. The van der Waals surface area contributed by atoms with Crippen LogP contribution in [0.15, 0.2) is 4.52 Å². The number of methoxy groups -OCH3 is 1. The highest BCUT2D eigenvalue weighted by Gasteiger charge is 2.40. The summed E-state index contributed by atoms with van der Waals surface area (Å²) in [6.45, 7) is 2.20. The molecule has 0 bridgehead atoms. The van der Waals surface area contributed by atoms with Gasteiger partial charge in [0.05, 0.1) is 11.5 Å². The van der Waals surface area contributed by atoms with Gasteiger partial charge in [0.2, 0.25) is 11.7 Å². The molecule has 1 saturated carbocycles. The number of carboxylic acids is 1. The number of rotatable bonds is 6. The first kappa shape index (κ1) is 15.3. The van der Waals surface area contributed by atoms with Crippen molar-refractivity contribution in [2.24, 2.45) is 5.92 Å². The zero-order valence-corrected chi connectivity index (χ0v) is 12.6. The van der Waals surface area contributed by atoms with Crippen LogP contribution in [0, 0.1) is 5.92 Å². The fourth-order valence-electron chi connectivity index (χ4n) is 2.71. The summed E-state index contributed by atoms with van der Waals surface area (Å²) in [4.78, 5) is 14.9. The van der Waals surface area contributed by atoms with E-state index < -0.39 is 11.6 Å². The number of carbonyl (C=O) groups is 1. The molecule has 2 atom stereocenters. The summed E-state index contributed by atoms with van der Waals surface area (Å²) < 4.78 is 10.9. The van der Waals surface area contributed by atoms with Gasteiger partial charge < -0.3 is 14.4 Å². The average molecular weight is 300 g/mol. The van der Waals surface area contributed by atoms with Gasteiger partial charge in [-0.15, -0.1) is 11.8 Å². The number of aromatic nitrogens is 2. The molecule has 1 heterocycles. The third-order valence-electron chi connectivity index (χ3n) is 3.67. The lowest BCUT2D eigenvalue weighted by Crippen LogP contribution is -2.35. The minimum Gasteiger partial charge on any atom is -0.481 e. The highest BCUT2D eigenvalue weighted by Crippen LogP contribution is 2.41. The molecule has 112 valence electrons. The van der Waals surface area contributed by atoms with E-state index in [4.69, 9.17) is 14.4 Å². The number of thioether (sulfide) groups is 1. The lowest BCUT2D eigenvalue weighted by molar-refractivity contribution is -0.133. The second-order valence-corrected chi connectivity index (χ2v) is 6.28. The van der Waals surface area contributed by atoms with Gasteiger partial charge in [-0.3, -0.25) is 4.79 Å². The predicted octanol–water partition coefficient (Wildman–Crippen LogP) is 2.44. The molecule has 0 radical (unpaired) electrons. The molecule has 1 aliphatic carbocycles. The predicted molar refractivity (Wildman–Crippen MR) is 74.4 cm³/mol. The summed E-state index contributed by atoms with van der Waals surface area (Å²) in [7, 11) is 1.69. The maximum atomic E-state index is 10.5. The number of nitrogens with zero attached hydrogens (tertiary/aromatic N) is 2. The van der Waals surface area contributed by atoms with Crippen molar-refractivity contribution < 1.29 is 19.2 Å². The van der Waals surface area contributed by atoms with Crippen LogP contribution < -0.4 is 0 Å². The molecule has 6 nitrogen and oxygen atoms in total. The van der Waals surface area contributed by atoms with Crippen LogP contribution in [0.2, 0.25) is 0 Å². The van der Waals surface area contributed by atoms with Crippen molar-refractivity contribution in [3.8, 4) is 0 Å². The molecule has 1 fully saturated rings. The maximum Gasteiger partial charge on any atom is 0.313 e. The van der Waals surface area contributed by atoms with Gasteiger partial charge in [0.15, 0.2) is 0 Å². The number of hydrogen-bond donors (Lipinski definition) is 1. The van der Waals surface area contributed by atoms with Gasteiger partial charge in [-0.25, -0.2) is 0 Å². The van der Waals surface area contributed by atoms with E-state index >= 15 is 0 Å². The van der Waals surface area contributed by atoms with Gasteiger partial charge >= 0.3 is 5.97 Å². The van der Waals surface area contributed by atoms with E-state index in [2.05, 4.69) is 17.1 Å². The fraction of sp³-hybridized carbons (Fsp3) is 0.769. The van der Waals surface area contributed by atoms with E-state index in [9.17, 15) is 4.79 Å². The summed E-state index contributed by atoms with van der Waals surface area (Å²) in [6, 6.07) is 0. The van der Waals surface area contributed by atoms with Crippen LogP contribution in [0.3, 0.4) is 0 Å². The summed E-state index contributed by atoms with van der Waals surface area (Å²) >= 11 is 1.24. The topological polar surface area (TPSA) is 85.5 Å². The van der Waals surface area contributed by atoms with E-state index in [1.807, 2.05) is 0 Å². The largest absolute Gasteiger partial charge is 0.481 e. The second kappa shape index (κ2) is 6.58. The van der Waals surface area contributed by atoms with E-state index in [0.29, 0.717) is 23.4 Å². The molecule has 1 aromatic heterocycles. The Morgan fingerprint density at radius 1 is 1.65 bits per heavy atom. The smallest absolute Gasteiger partial charge is 0.313 e. The second-order valence-electron chi connectivity index (χ2n) is 5.30. The standard InChI is InChI=1S/C13H20N2O4S/c1-9-4-3-5-13(6-9,18-2)12-14-10(19-15-12)7-20-8-11(16)17/h9H,3-8H2,1-2H3,(H,16,17). The lowest BCUT2D eigenvalue weighted by Gasteiger charge is -2.36. The van der Waals surface area contributed by atoms with E-state index in [1.54, 1.807) is 7.11 Å². The molecule has 2 rings (SSSR count). The third-order valence-corrected chi connectivity index (χ3v) is 4.58. The molecular weight excluding hydrogens is 280 g/mol. The Morgan fingerprint density at radius 2 is 2.45 bits per heavy atom.